The largest absolute Gasteiger partial charge is 0.346 e. The molecule has 2 rings (SSSR count). The van der Waals surface area contributed by atoms with Crippen LogP contribution in [0.4, 0.5) is 0 Å². The SMILES string of the molecule is CC(C)(C)c1ncnc2[nH]cc(CN)c12. The second kappa shape index (κ2) is 3.31. The highest BCUT2D eigenvalue weighted by Gasteiger charge is 2.21. The van der Waals surface area contributed by atoms with Gasteiger partial charge in [-0.15, -0.1) is 0 Å². The number of aromatic nitrogens is 3. The Kier molecular flexibility index (Phi) is 2.23. The Morgan fingerprint density at radius 2 is 2.07 bits per heavy atom. The summed E-state index contributed by atoms with van der Waals surface area (Å²) in [4.78, 5) is 11.7. The second-order valence-corrected chi connectivity index (χ2v) is 4.71. The molecule has 4 nitrogen and oxygen atoms in total. The molecule has 0 aromatic carbocycles. The van der Waals surface area contributed by atoms with E-state index in [0.29, 0.717) is 6.54 Å². The highest BCUT2D eigenvalue weighted by molar-refractivity contribution is 5.82. The normalized spacial score (nSPS) is 12.3. The van der Waals surface area contributed by atoms with Crippen LogP contribution in [0.1, 0.15) is 32.0 Å². The Balaban J connectivity index is 2.78. The predicted molar refractivity (Wildman–Crippen MR) is 60.5 cm³/mol. The summed E-state index contributed by atoms with van der Waals surface area (Å²) in [5.74, 6) is 0. The molecule has 0 amide bonds. The molecule has 4 heteroatoms. The molecule has 80 valence electrons. The van der Waals surface area contributed by atoms with E-state index in [0.717, 1.165) is 22.3 Å². The lowest BCUT2D eigenvalue weighted by molar-refractivity contribution is 0.573. The maximum Gasteiger partial charge on any atom is 0.141 e. The standard InChI is InChI=1S/C11H16N4/c1-11(2,3)9-8-7(4-12)5-13-10(8)15-6-14-9/h5-6H,4,12H2,1-3H3,(H,13,14,15). The van der Waals surface area contributed by atoms with E-state index in [-0.39, 0.29) is 5.41 Å². The molecule has 0 bridgehead atoms. The minimum Gasteiger partial charge on any atom is -0.346 e. The number of nitrogens with two attached hydrogens (primary N) is 1. The summed E-state index contributed by atoms with van der Waals surface area (Å²) < 4.78 is 0. The zero-order chi connectivity index (χ0) is 11.1. The first-order chi connectivity index (χ1) is 7.04. The van der Waals surface area contributed by atoms with E-state index in [4.69, 9.17) is 5.73 Å². The van der Waals surface area contributed by atoms with Crippen molar-refractivity contribution in [2.75, 3.05) is 0 Å². The van der Waals surface area contributed by atoms with Crippen LogP contribution < -0.4 is 5.73 Å². The third kappa shape index (κ3) is 1.61. The number of nitrogens with zero attached hydrogens (tertiary/aromatic N) is 2. The topological polar surface area (TPSA) is 67.6 Å². The van der Waals surface area contributed by atoms with E-state index < -0.39 is 0 Å². The third-order valence-corrected chi connectivity index (χ3v) is 2.48. The Bertz CT molecular complexity index is 479. The molecule has 0 unspecified atom stereocenters. The molecule has 0 spiro atoms. The van der Waals surface area contributed by atoms with Gasteiger partial charge in [0.15, 0.2) is 0 Å². The van der Waals surface area contributed by atoms with Crippen molar-refractivity contribution in [2.45, 2.75) is 32.7 Å². The lowest BCUT2D eigenvalue weighted by Crippen LogP contribution is -2.15. The van der Waals surface area contributed by atoms with Gasteiger partial charge >= 0.3 is 0 Å². The molecule has 3 N–H and O–H groups in total. The first-order valence-electron chi connectivity index (χ1n) is 5.05. The molecule has 0 aliphatic heterocycles. The van der Waals surface area contributed by atoms with Gasteiger partial charge in [-0.3, -0.25) is 0 Å². The molecule has 15 heavy (non-hydrogen) atoms. The van der Waals surface area contributed by atoms with Crippen LogP contribution in [0.25, 0.3) is 11.0 Å². The lowest BCUT2D eigenvalue weighted by atomic mass is 9.89. The predicted octanol–water partition coefficient (Wildman–Crippen LogP) is 1.71. The van der Waals surface area contributed by atoms with Crippen LogP contribution in [0.5, 0.6) is 0 Å². The first kappa shape index (κ1) is 10.1. The van der Waals surface area contributed by atoms with E-state index in [9.17, 15) is 0 Å². The van der Waals surface area contributed by atoms with E-state index in [2.05, 4.69) is 35.7 Å². The second-order valence-electron chi connectivity index (χ2n) is 4.71. The van der Waals surface area contributed by atoms with Crippen LogP contribution >= 0.6 is 0 Å². The molecule has 2 aromatic rings. The Morgan fingerprint density at radius 1 is 1.33 bits per heavy atom. The molecule has 0 aliphatic carbocycles. The van der Waals surface area contributed by atoms with Crippen LogP contribution in [-0.2, 0) is 12.0 Å². The van der Waals surface area contributed by atoms with E-state index >= 15 is 0 Å². The summed E-state index contributed by atoms with van der Waals surface area (Å²) in [5.41, 5.74) is 8.70. The molecular formula is C11H16N4. The minimum absolute atomic E-state index is 0.00725. The zero-order valence-corrected chi connectivity index (χ0v) is 9.33. The molecule has 0 fully saturated rings. The summed E-state index contributed by atoms with van der Waals surface area (Å²) in [7, 11) is 0. The van der Waals surface area contributed by atoms with Gasteiger partial charge in [0.05, 0.1) is 5.69 Å². The van der Waals surface area contributed by atoms with Crippen LogP contribution in [0.2, 0.25) is 0 Å². The number of aromatic amines is 1. The van der Waals surface area contributed by atoms with Gasteiger partial charge in [-0.05, 0) is 5.56 Å². The molecule has 0 aliphatic rings. The van der Waals surface area contributed by atoms with Gasteiger partial charge in [-0.1, -0.05) is 20.8 Å². The fraction of sp³-hybridized carbons (Fsp3) is 0.455. The van der Waals surface area contributed by atoms with Gasteiger partial charge in [-0.2, -0.15) is 0 Å². The van der Waals surface area contributed by atoms with Crippen molar-refractivity contribution < 1.29 is 0 Å². The molecule has 2 aromatic heterocycles. The Hall–Kier alpha value is -1.42. The summed E-state index contributed by atoms with van der Waals surface area (Å²) in [6, 6.07) is 0. The number of nitrogens with one attached hydrogen (secondary N) is 1. The third-order valence-electron chi connectivity index (χ3n) is 2.48. The number of H-pyrrole nitrogens is 1. The summed E-state index contributed by atoms with van der Waals surface area (Å²) in [6.45, 7) is 6.93. The zero-order valence-electron chi connectivity index (χ0n) is 9.33. The fourth-order valence-corrected chi connectivity index (χ4v) is 1.76. The number of hydrogen-bond donors (Lipinski definition) is 2. The fourth-order valence-electron chi connectivity index (χ4n) is 1.76. The number of fused-ring (bicyclic) bond motifs is 1. The van der Waals surface area contributed by atoms with Crippen molar-refractivity contribution in [3.8, 4) is 0 Å². The summed E-state index contributed by atoms with van der Waals surface area (Å²) >= 11 is 0. The van der Waals surface area contributed by atoms with E-state index in [1.807, 2.05) is 6.20 Å². The van der Waals surface area contributed by atoms with Crippen molar-refractivity contribution in [1.82, 2.24) is 15.0 Å². The highest BCUT2D eigenvalue weighted by Crippen LogP contribution is 2.28. The van der Waals surface area contributed by atoms with Crippen molar-refractivity contribution in [3.63, 3.8) is 0 Å². The summed E-state index contributed by atoms with van der Waals surface area (Å²) in [5, 5.41) is 1.08. The molecule has 0 saturated heterocycles. The van der Waals surface area contributed by atoms with Gasteiger partial charge < -0.3 is 10.7 Å². The Morgan fingerprint density at radius 3 is 2.67 bits per heavy atom. The van der Waals surface area contributed by atoms with Gasteiger partial charge in [0.1, 0.15) is 12.0 Å². The van der Waals surface area contributed by atoms with Crippen molar-refractivity contribution in [1.29, 1.82) is 0 Å². The summed E-state index contributed by atoms with van der Waals surface area (Å²) in [6.07, 6.45) is 3.51. The molecule has 0 radical (unpaired) electrons. The highest BCUT2D eigenvalue weighted by atomic mass is 14.9. The van der Waals surface area contributed by atoms with E-state index in [1.165, 1.54) is 0 Å². The van der Waals surface area contributed by atoms with Crippen LogP contribution in [0.15, 0.2) is 12.5 Å². The van der Waals surface area contributed by atoms with Crippen LogP contribution in [0.3, 0.4) is 0 Å². The number of hydrogen-bond acceptors (Lipinski definition) is 3. The lowest BCUT2D eigenvalue weighted by Gasteiger charge is -2.18. The molecule has 2 heterocycles. The molecular weight excluding hydrogens is 188 g/mol. The quantitative estimate of drug-likeness (QED) is 0.743. The van der Waals surface area contributed by atoms with Crippen LogP contribution in [-0.4, -0.2) is 15.0 Å². The van der Waals surface area contributed by atoms with Gasteiger partial charge in [0.25, 0.3) is 0 Å². The Labute approximate surface area is 88.9 Å². The van der Waals surface area contributed by atoms with E-state index in [1.54, 1.807) is 6.33 Å². The van der Waals surface area contributed by atoms with Crippen LogP contribution in [0, 0.1) is 0 Å². The number of rotatable bonds is 1. The molecule has 0 atom stereocenters. The maximum atomic E-state index is 5.70. The monoisotopic (exact) mass is 204 g/mol. The molecule has 0 saturated carbocycles. The van der Waals surface area contributed by atoms with Gasteiger partial charge in [0, 0.05) is 23.5 Å². The van der Waals surface area contributed by atoms with Crippen molar-refractivity contribution in [2.24, 2.45) is 5.73 Å². The average Bonchev–Trinajstić information content (AvgIpc) is 2.58. The smallest absolute Gasteiger partial charge is 0.141 e. The maximum absolute atomic E-state index is 5.70. The van der Waals surface area contributed by atoms with Gasteiger partial charge in [-0.25, -0.2) is 9.97 Å². The van der Waals surface area contributed by atoms with Crippen molar-refractivity contribution in [3.05, 3.63) is 23.8 Å². The minimum atomic E-state index is 0.00725. The first-order valence-corrected chi connectivity index (χ1v) is 5.05. The van der Waals surface area contributed by atoms with Crippen molar-refractivity contribution >= 4 is 11.0 Å². The van der Waals surface area contributed by atoms with Gasteiger partial charge in [0.2, 0.25) is 0 Å². The average molecular weight is 204 g/mol.